The number of hydrogen-bond acceptors (Lipinski definition) is 4. The van der Waals surface area contributed by atoms with Crippen molar-refractivity contribution < 1.29 is 4.74 Å². The van der Waals surface area contributed by atoms with Crippen LogP contribution >= 0.6 is 0 Å². The summed E-state index contributed by atoms with van der Waals surface area (Å²) in [6, 6.07) is 4.50. The molecule has 1 fully saturated rings. The van der Waals surface area contributed by atoms with E-state index < -0.39 is 0 Å². The van der Waals surface area contributed by atoms with E-state index in [2.05, 4.69) is 16.9 Å². The third kappa shape index (κ3) is 3.21. The molecule has 4 nitrogen and oxygen atoms in total. The summed E-state index contributed by atoms with van der Waals surface area (Å²) in [6.45, 7) is 3.87. The molecule has 2 rings (SSSR count). The number of likely N-dealkylation sites (tertiary alicyclic amines) is 1. The SMILES string of the molecule is CC(N)c1cccnc1OCCC1CCCN1C. The van der Waals surface area contributed by atoms with Gasteiger partial charge >= 0.3 is 0 Å². The zero-order valence-electron chi connectivity index (χ0n) is 11.3. The van der Waals surface area contributed by atoms with Crippen LogP contribution in [0.5, 0.6) is 5.88 Å². The van der Waals surface area contributed by atoms with Gasteiger partial charge in [0.15, 0.2) is 0 Å². The molecule has 2 N–H and O–H groups in total. The molecule has 0 aromatic carbocycles. The Labute approximate surface area is 109 Å². The maximum Gasteiger partial charge on any atom is 0.218 e. The quantitative estimate of drug-likeness (QED) is 0.866. The van der Waals surface area contributed by atoms with Gasteiger partial charge in [-0.3, -0.25) is 0 Å². The summed E-state index contributed by atoms with van der Waals surface area (Å²) in [5.41, 5.74) is 6.89. The molecule has 2 heterocycles. The van der Waals surface area contributed by atoms with Crippen molar-refractivity contribution in [3.05, 3.63) is 23.9 Å². The van der Waals surface area contributed by atoms with Gasteiger partial charge in [0.1, 0.15) is 0 Å². The fourth-order valence-electron chi connectivity index (χ4n) is 2.51. The van der Waals surface area contributed by atoms with Crippen LogP contribution in [-0.2, 0) is 0 Å². The molecule has 0 bridgehead atoms. The summed E-state index contributed by atoms with van der Waals surface area (Å²) in [6.07, 6.45) is 5.40. The van der Waals surface area contributed by atoms with Gasteiger partial charge in [0.2, 0.25) is 5.88 Å². The molecule has 100 valence electrons. The number of rotatable bonds is 5. The Morgan fingerprint density at radius 2 is 2.44 bits per heavy atom. The number of nitrogens with zero attached hydrogens (tertiary/aromatic N) is 2. The Balaban J connectivity index is 1.86. The van der Waals surface area contributed by atoms with Crippen molar-refractivity contribution in [1.29, 1.82) is 0 Å². The summed E-state index contributed by atoms with van der Waals surface area (Å²) in [5.74, 6) is 0.688. The predicted molar refractivity (Wildman–Crippen MR) is 72.6 cm³/mol. The molecule has 0 amide bonds. The molecular weight excluding hydrogens is 226 g/mol. The highest BCUT2D eigenvalue weighted by Gasteiger charge is 2.20. The van der Waals surface area contributed by atoms with Crippen molar-refractivity contribution in [3.63, 3.8) is 0 Å². The lowest BCUT2D eigenvalue weighted by Crippen LogP contribution is -2.26. The topological polar surface area (TPSA) is 51.4 Å². The molecule has 0 spiro atoms. The normalized spacial score (nSPS) is 22.1. The predicted octanol–water partition coefficient (Wildman–Crippen LogP) is 1.96. The first-order valence-electron chi connectivity index (χ1n) is 6.72. The van der Waals surface area contributed by atoms with Crippen LogP contribution in [0.2, 0.25) is 0 Å². The summed E-state index contributed by atoms with van der Waals surface area (Å²) >= 11 is 0. The highest BCUT2D eigenvalue weighted by atomic mass is 16.5. The molecule has 1 aliphatic rings. The van der Waals surface area contributed by atoms with Gasteiger partial charge in [0, 0.05) is 23.8 Å². The first-order valence-corrected chi connectivity index (χ1v) is 6.72. The fourth-order valence-corrected chi connectivity index (χ4v) is 2.51. The van der Waals surface area contributed by atoms with Gasteiger partial charge in [0.05, 0.1) is 6.61 Å². The second-order valence-corrected chi connectivity index (χ2v) is 5.10. The van der Waals surface area contributed by atoms with Crippen molar-refractivity contribution in [3.8, 4) is 5.88 Å². The smallest absolute Gasteiger partial charge is 0.218 e. The van der Waals surface area contributed by atoms with E-state index in [1.807, 2.05) is 19.1 Å². The number of pyridine rings is 1. The number of hydrogen-bond donors (Lipinski definition) is 1. The Hall–Kier alpha value is -1.13. The monoisotopic (exact) mass is 249 g/mol. The highest BCUT2D eigenvalue weighted by Crippen LogP contribution is 2.22. The summed E-state index contributed by atoms with van der Waals surface area (Å²) in [7, 11) is 2.19. The van der Waals surface area contributed by atoms with Gasteiger partial charge in [-0.25, -0.2) is 4.98 Å². The first kappa shape index (κ1) is 13.3. The van der Waals surface area contributed by atoms with Crippen molar-refractivity contribution in [2.24, 2.45) is 5.73 Å². The number of nitrogens with two attached hydrogens (primary N) is 1. The van der Waals surface area contributed by atoms with Gasteiger partial charge in [0.25, 0.3) is 0 Å². The molecule has 4 heteroatoms. The van der Waals surface area contributed by atoms with E-state index in [0.717, 1.165) is 12.0 Å². The summed E-state index contributed by atoms with van der Waals surface area (Å²) in [4.78, 5) is 6.68. The fraction of sp³-hybridized carbons (Fsp3) is 0.643. The van der Waals surface area contributed by atoms with Crippen molar-refractivity contribution in [1.82, 2.24) is 9.88 Å². The molecule has 2 atom stereocenters. The maximum absolute atomic E-state index is 5.90. The van der Waals surface area contributed by atoms with Crippen LogP contribution in [0.15, 0.2) is 18.3 Å². The molecule has 1 aliphatic heterocycles. The lowest BCUT2D eigenvalue weighted by atomic mass is 10.1. The third-order valence-electron chi connectivity index (χ3n) is 3.65. The molecule has 2 unspecified atom stereocenters. The lowest BCUT2D eigenvalue weighted by molar-refractivity contribution is 0.227. The summed E-state index contributed by atoms with van der Waals surface area (Å²) < 4.78 is 5.79. The van der Waals surface area contributed by atoms with Crippen LogP contribution in [0, 0.1) is 0 Å². The van der Waals surface area contributed by atoms with Crippen LogP contribution < -0.4 is 10.5 Å². The van der Waals surface area contributed by atoms with Crippen LogP contribution in [0.1, 0.15) is 37.8 Å². The van der Waals surface area contributed by atoms with E-state index >= 15 is 0 Å². The Kier molecular flexibility index (Phi) is 4.55. The third-order valence-corrected chi connectivity index (χ3v) is 3.65. The molecule has 0 saturated carbocycles. The minimum atomic E-state index is -0.0390. The maximum atomic E-state index is 5.90. The average molecular weight is 249 g/mol. The molecule has 0 radical (unpaired) electrons. The van der Waals surface area contributed by atoms with E-state index in [4.69, 9.17) is 10.5 Å². The Morgan fingerprint density at radius 1 is 1.61 bits per heavy atom. The van der Waals surface area contributed by atoms with Gasteiger partial charge in [-0.15, -0.1) is 0 Å². The second kappa shape index (κ2) is 6.16. The van der Waals surface area contributed by atoms with Crippen LogP contribution in [-0.4, -0.2) is 36.1 Å². The molecular formula is C14H23N3O. The lowest BCUT2D eigenvalue weighted by Gasteiger charge is -2.19. The van der Waals surface area contributed by atoms with Crippen LogP contribution in [0.25, 0.3) is 0 Å². The molecule has 0 aliphatic carbocycles. The summed E-state index contributed by atoms with van der Waals surface area (Å²) in [5, 5.41) is 0. The van der Waals surface area contributed by atoms with E-state index in [-0.39, 0.29) is 6.04 Å². The van der Waals surface area contributed by atoms with Crippen molar-refractivity contribution in [2.75, 3.05) is 20.2 Å². The van der Waals surface area contributed by atoms with Gasteiger partial charge in [-0.05, 0) is 45.8 Å². The van der Waals surface area contributed by atoms with E-state index in [1.54, 1.807) is 6.20 Å². The zero-order chi connectivity index (χ0) is 13.0. The largest absolute Gasteiger partial charge is 0.477 e. The van der Waals surface area contributed by atoms with Gasteiger partial charge in [-0.2, -0.15) is 0 Å². The van der Waals surface area contributed by atoms with Gasteiger partial charge < -0.3 is 15.4 Å². The highest BCUT2D eigenvalue weighted by molar-refractivity contribution is 5.28. The Bertz CT molecular complexity index is 381. The Morgan fingerprint density at radius 3 is 3.11 bits per heavy atom. The van der Waals surface area contributed by atoms with Crippen LogP contribution in [0.4, 0.5) is 0 Å². The molecule has 1 aromatic heterocycles. The minimum absolute atomic E-state index is 0.0390. The van der Waals surface area contributed by atoms with Crippen LogP contribution in [0.3, 0.4) is 0 Å². The second-order valence-electron chi connectivity index (χ2n) is 5.10. The van der Waals surface area contributed by atoms with Crippen molar-refractivity contribution >= 4 is 0 Å². The zero-order valence-corrected chi connectivity index (χ0v) is 11.3. The van der Waals surface area contributed by atoms with E-state index in [9.17, 15) is 0 Å². The minimum Gasteiger partial charge on any atom is -0.477 e. The van der Waals surface area contributed by atoms with Crippen molar-refractivity contribution in [2.45, 2.75) is 38.3 Å². The average Bonchev–Trinajstić information content (AvgIpc) is 2.76. The molecule has 1 aromatic rings. The standard InChI is InChI=1S/C14H23N3O/c1-11(15)13-6-3-8-16-14(13)18-10-7-12-5-4-9-17(12)2/h3,6,8,11-12H,4-5,7,9-10,15H2,1-2H3. The van der Waals surface area contributed by atoms with E-state index in [0.29, 0.717) is 18.5 Å². The van der Waals surface area contributed by atoms with E-state index in [1.165, 1.54) is 19.4 Å². The molecule has 1 saturated heterocycles. The van der Waals surface area contributed by atoms with Gasteiger partial charge in [-0.1, -0.05) is 6.07 Å². The number of aromatic nitrogens is 1. The first-order chi connectivity index (χ1) is 8.68. The molecule has 18 heavy (non-hydrogen) atoms. The number of ether oxygens (including phenoxy) is 1.